The largest absolute Gasteiger partial charge is 0.466 e. The van der Waals surface area contributed by atoms with Crippen molar-refractivity contribution in [3.63, 3.8) is 0 Å². The molecule has 1 aliphatic rings. The van der Waals surface area contributed by atoms with Crippen LogP contribution in [-0.2, 0) is 16.0 Å². The minimum absolute atomic E-state index is 0.0301. The van der Waals surface area contributed by atoms with Gasteiger partial charge in [0.05, 0.1) is 6.20 Å². The van der Waals surface area contributed by atoms with E-state index >= 15 is 0 Å². The van der Waals surface area contributed by atoms with Crippen molar-refractivity contribution >= 4 is 11.7 Å². The first-order chi connectivity index (χ1) is 11.6. The lowest BCUT2D eigenvalue weighted by molar-refractivity contribution is -0.119. The molecule has 2 aromatic rings. The van der Waals surface area contributed by atoms with Gasteiger partial charge in [-0.2, -0.15) is 0 Å². The van der Waals surface area contributed by atoms with Crippen molar-refractivity contribution in [2.24, 2.45) is 0 Å². The number of rotatable bonds is 5. The molecule has 5 nitrogen and oxygen atoms in total. The molecule has 0 aromatic carbocycles. The Morgan fingerprint density at radius 3 is 2.71 bits per heavy atom. The zero-order valence-electron chi connectivity index (χ0n) is 13.7. The molecular formula is C18H21FN2O3. The third-order valence-corrected chi connectivity index (χ3v) is 4.16. The Labute approximate surface area is 140 Å². The van der Waals surface area contributed by atoms with E-state index in [0.717, 1.165) is 30.6 Å². The molecule has 6 heteroatoms. The Morgan fingerprint density at radius 2 is 2.08 bits per heavy atom. The molecule has 3 heterocycles. The number of furan rings is 1. The number of anilines is 1. The van der Waals surface area contributed by atoms with Crippen LogP contribution in [0, 0.1) is 12.7 Å². The number of ether oxygens (including phenoxy) is 1. The van der Waals surface area contributed by atoms with Gasteiger partial charge in [0.25, 0.3) is 0 Å². The number of halogens is 1. The second-order valence-electron chi connectivity index (χ2n) is 5.95. The van der Waals surface area contributed by atoms with Crippen LogP contribution < -0.4 is 4.90 Å². The van der Waals surface area contributed by atoms with E-state index in [1.807, 2.05) is 19.1 Å². The molecule has 0 N–H and O–H groups in total. The average Bonchev–Trinajstić information content (AvgIpc) is 3.01. The first kappa shape index (κ1) is 16.6. The van der Waals surface area contributed by atoms with Gasteiger partial charge in [-0.05, 0) is 44.0 Å². The highest BCUT2D eigenvalue weighted by Crippen LogP contribution is 2.23. The van der Waals surface area contributed by atoms with Crippen LogP contribution in [0.15, 0.2) is 34.9 Å². The number of amides is 1. The Bertz CT molecular complexity index is 678. The predicted molar refractivity (Wildman–Crippen MR) is 87.3 cm³/mol. The maximum Gasteiger partial charge on any atom is 0.228 e. The third kappa shape index (κ3) is 4.00. The number of hydrogen-bond acceptors (Lipinski definition) is 4. The van der Waals surface area contributed by atoms with Crippen LogP contribution in [0.5, 0.6) is 0 Å². The quantitative estimate of drug-likeness (QED) is 0.843. The minimum Gasteiger partial charge on any atom is -0.466 e. The van der Waals surface area contributed by atoms with E-state index in [4.69, 9.17) is 9.15 Å². The van der Waals surface area contributed by atoms with Crippen LogP contribution in [-0.4, -0.2) is 30.1 Å². The van der Waals surface area contributed by atoms with Crippen LogP contribution in [0.25, 0.3) is 0 Å². The smallest absolute Gasteiger partial charge is 0.228 e. The van der Waals surface area contributed by atoms with Crippen LogP contribution in [0.4, 0.5) is 10.2 Å². The van der Waals surface area contributed by atoms with Gasteiger partial charge in [-0.3, -0.25) is 9.69 Å². The van der Waals surface area contributed by atoms with Crippen LogP contribution in [0.3, 0.4) is 0 Å². The second-order valence-corrected chi connectivity index (χ2v) is 5.95. The summed E-state index contributed by atoms with van der Waals surface area (Å²) in [6.45, 7) is 3.11. The van der Waals surface area contributed by atoms with Gasteiger partial charge in [0.2, 0.25) is 5.91 Å². The molecule has 1 aliphatic heterocycles. The lowest BCUT2D eigenvalue weighted by Gasteiger charge is -2.33. The summed E-state index contributed by atoms with van der Waals surface area (Å²) in [5.74, 6) is 1.67. The zero-order valence-corrected chi connectivity index (χ0v) is 13.7. The predicted octanol–water partition coefficient (Wildman–Crippen LogP) is 3.27. The first-order valence-electron chi connectivity index (χ1n) is 8.20. The summed E-state index contributed by atoms with van der Waals surface area (Å²) < 4.78 is 24.1. The van der Waals surface area contributed by atoms with Crippen molar-refractivity contribution in [1.29, 1.82) is 0 Å². The number of carbonyl (C=O) groups is 1. The minimum atomic E-state index is -0.413. The molecule has 0 bridgehead atoms. The molecule has 24 heavy (non-hydrogen) atoms. The van der Waals surface area contributed by atoms with Gasteiger partial charge >= 0.3 is 0 Å². The van der Waals surface area contributed by atoms with E-state index in [2.05, 4.69) is 4.98 Å². The Balaban J connectivity index is 1.74. The number of pyridine rings is 1. The van der Waals surface area contributed by atoms with Crippen LogP contribution >= 0.6 is 0 Å². The second kappa shape index (κ2) is 7.57. The molecule has 0 atom stereocenters. The van der Waals surface area contributed by atoms with E-state index in [9.17, 15) is 9.18 Å². The van der Waals surface area contributed by atoms with E-state index in [-0.39, 0.29) is 11.9 Å². The lowest BCUT2D eigenvalue weighted by Crippen LogP contribution is -2.44. The Kier molecular flexibility index (Phi) is 5.25. The number of carbonyl (C=O) groups excluding carboxylic acids is 1. The lowest BCUT2D eigenvalue weighted by atomic mass is 10.1. The summed E-state index contributed by atoms with van der Waals surface area (Å²) >= 11 is 0. The van der Waals surface area contributed by atoms with Gasteiger partial charge in [-0.1, -0.05) is 0 Å². The number of aromatic nitrogens is 1. The fourth-order valence-corrected chi connectivity index (χ4v) is 2.94. The monoisotopic (exact) mass is 332 g/mol. The highest BCUT2D eigenvalue weighted by Gasteiger charge is 2.28. The summed E-state index contributed by atoms with van der Waals surface area (Å²) in [4.78, 5) is 18.6. The molecule has 0 spiro atoms. The molecular weight excluding hydrogens is 311 g/mol. The van der Waals surface area contributed by atoms with Crippen LogP contribution in [0.1, 0.15) is 30.8 Å². The van der Waals surface area contributed by atoms with E-state index in [1.54, 1.807) is 11.0 Å². The fraction of sp³-hybridized carbons (Fsp3) is 0.444. The van der Waals surface area contributed by atoms with Crippen molar-refractivity contribution in [2.45, 2.75) is 38.6 Å². The van der Waals surface area contributed by atoms with Gasteiger partial charge in [0.1, 0.15) is 23.2 Å². The summed E-state index contributed by atoms with van der Waals surface area (Å²) in [6, 6.07) is 6.69. The molecule has 3 rings (SSSR count). The van der Waals surface area contributed by atoms with E-state index in [1.165, 1.54) is 6.07 Å². The standard InChI is InChI=1S/C18H21FN2O3/c1-13-2-4-16(24-13)5-7-18(22)21(15-8-10-23-11-9-15)17-6-3-14(19)12-20-17/h2-4,6,12,15H,5,7-11H2,1H3. The SMILES string of the molecule is Cc1ccc(CCC(=O)N(c2ccc(F)cn2)C2CCOCC2)o1. The zero-order chi connectivity index (χ0) is 16.9. The number of nitrogens with zero attached hydrogens (tertiary/aromatic N) is 2. The third-order valence-electron chi connectivity index (χ3n) is 4.16. The topological polar surface area (TPSA) is 55.6 Å². The summed E-state index contributed by atoms with van der Waals surface area (Å²) in [6.07, 6.45) is 3.51. The highest BCUT2D eigenvalue weighted by atomic mass is 19.1. The summed E-state index contributed by atoms with van der Waals surface area (Å²) in [7, 11) is 0. The van der Waals surface area contributed by atoms with E-state index < -0.39 is 5.82 Å². The molecule has 0 saturated carbocycles. The maximum absolute atomic E-state index is 13.2. The average molecular weight is 332 g/mol. The Morgan fingerprint density at radius 1 is 1.29 bits per heavy atom. The molecule has 0 aliphatic carbocycles. The highest BCUT2D eigenvalue weighted by molar-refractivity contribution is 5.93. The molecule has 1 saturated heterocycles. The van der Waals surface area contributed by atoms with Crippen molar-refractivity contribution in [1.82, 2.24) is 4.98 Å². The van der Waals surface area contributed by atoms with Crippen molar-refractivity contribution < 1.29 is 18.3 Å². The van der Waals surface area contributed by atoms with Gasteiger partial charge in [0, 0.05) is 32.1 Å². The number of hydrogen-bond donors (Lipinski definition) is 0. The summed E-state index contributed by atoms with van der Waals surface area (Å²) in [5.41, 5.74) is 0. The van der Waals surface area contributed by atoms with Gasteiger partial charge in [-0.15, -0.1) is 0 Å². The molecule has 0 unspecified atom stereocenters. The van der Waals surface area contributed by atoms with Crippen molar-refractivity contribution in [2.75, 3.05) is 18.1 Å². The van der Waals surface area contributed by atoms with E-state index in [0.29, 0.717) is 31.9 Å². The molecule has 1 fully saturated rings. The first-order valence-corrected chi connectivity index (χ1v) is 8.20. The van der Waals surface area contributed by atoms with Crippen molar-refractivity contribution in [3.8, 4) is 0 Å². The number of aryl methyl sites for hydroxylation is 2. The van der Waals surface area contributed by atoms with Gasteiger partial charge in [-0.25, -0.2) is 9.37 Å². The van der Waals surface area contributed by atoms with Gasteiger partial charge < -0.3 is 9.15 Å². The Hall–Kier alpha value is -2.21. The maximum atomic E-state index is 13.2. The fourth-order valence-electron chi connectivity index (χ4n) is 2.94. The normalized spacial score (nSPS) is 15.4. The van der Waals surface area contributed by atoms with Crippen molar-refractivity contribution in [3.05, 3.63) is 47.8 Å². The van der Waals surface area contributed by atoms with Gasteiger partial charge in [0.15, 0.2) is 0 Å². The molecule has 0 radical (unpaired) electrons. The molecule has 128 valence electrons. The molecule has 2 aromatic heterocycles. The molecule has 1 amide bonds. The van der Waals surface area contributed by atoms with Crippen LogP contribution in [0.2, 0.25) is 0 Å². The summed E-state index contributed by atoms with van der Waals surface area (Å²) in [5, 5.41) is 0.